The Kier molecular flexibility index (Phi) is 24.1. The van der Waals surface area contributed by atoms with Crippen molar-refractivity contribution in [3.63, 3.8) is 0 Å². The van der Waals surface area contributed by atoms with Gasteiger partial charge in [0.15, 0.2) is 0 Å². The van der Waals surface area contributed by atoms with Crippen LogP contribution in [-0.4, -0.2) is 58.8 Å². The number of carbonyl (C=O) groups excluding carboxylic acids is 1. The van der Waals surface area contributed by atoms with Gasteiger partial charge in [-0.25, -0.2) is 0 Å². The van der Waals surface area contributed by atoms with Crippen LogP contribution in [0.3, 0.4) is 0 Å². The topological polar surface area (TPSA) is 115 Å². The number of hydrogen-bond acceptors (Lipinski definition) is 4. The van der Waals surface area contributed by atoms with E-state index in [9.17, 15) is 19.5 Å². The van der Waals surface area contributed by atoms with Gasteiger partial charge in [-0.05, 0) is 32.1 Å². The fourth-order valence-electron chi connectivity index (χ4n) is 5.39. The molecular formula is C31H57NO6. The number of aliphatic carboxylic acids is 3. The molecule has 0 aromatic rings. The van der Waals surface area contributed by atoms with E-state index in [1.165, 1.54) is 83.5 Å². The second-order valence-electron chi connectivity index (χ2n) is 11.1. The predicted octanol–water partition coefficient (Wildman–Crippen LogP) is 6.49. The van der Waals surface area contributed by atoms with E-state index in [1.807, 2.05) is 6.08 Å². The van der Waals surface area contributed by atoms with Crippen molar-refractivity contribution in [1.29, 1.82) is 0 Å². The van der Waals surface area contributed by atoms with Crippen molar-refractivity contribution >= 4 is 17.9 Å². The van der Waals surface area contributed by atoms with Crippen LogP contribution in [0.1, 0.15) is 141 Å². The monoisotopic (exact) mass is 539 g/mol. The van der Waals surface area contributed by atoms with Crippen LogP contribution in [0.2, 0.25) is 0 Å². The van der Waals surface area contributed by atoms with E-state index in [2.05, 4.69) is 6.58 Å². The fourth-order valence-corrected chi connectivity index (χ4v) is 5.39. The Morgan fingerprint density at radius 2 is 0.842 bits per heavy atom. The van der Waals surface area contributed by atoms with E-state index in [-0.39, 0.29) is 19.3 Å². The molecule has 0 radical (unpaired) electrons. The maximum absolute atomic E-state index is 11.0. The third-order valence-corrected chi connectivity index (χ3v) is 7.60. The summed E-state index contributed by atoms with van der Waals surface area (Å²) in [7, 11) is 0. The van der Waals surface area contributed by atoms with Crippen LogP contribution in [-0.2, 0) is 14.4 Å². The Morgan fingerprint density at radius 3 is 1.18 bits per heavy atom. The molecule has 0 saturated heterocycles. The molecule has 0 aliphatic heterocycles. The summed E-state index contributed by atoms with van der Waals surface area (Å²) < 4.78 is 0.614. The molecule has 222 valence electrons. The zero-order valence-corrected chi connectivity index (χ0v) is 24.1. The number of nitrogens with zero attached hydrogens (tertiary/aromatic N) is 1. The lowest BCUT2D eigenvalue weighted by Gasteiger charge is -2.39. The molecule has 7 nitrogen and oxygen atoms in total. The molecule has 0 saturated carbocycles. The highest BCUT2D eigenvalue weighted by atomic mass is 16.4. The lowest BCUT2D eigenvalue weighted by molar-refractivity contribution is -0.929. The zero-order chi connectivity index (χ0) is 28.3. The van der Waals surface area contributed by atoms with E-state index in [4.69, 9.17) is 10.2 Å². The minimum atomic E-state index is -1.07. The first-order chi connectivity index (χ1) is 18.3. The van der Waals surface area contributed by atoms with Gasteiger partial charge in [-0.1, -0.05) is 83.1 Å². The van der Waals surface area contributed by atoms with Gasteiger partial charge in [-0.2, -0.15) is 0 Å². The van der Waals surface area contributed by atoms with E-state index in [1.54, 1.807) is 0 Å². The Morgan fingerprint density at radius 1 is 0.526 bits per heavy atom. The highest BCUT2D eigenvalue weighted by molar-refractivity contribution is 5.66. The first-order valence-electron chi connectivity index (χ1n) is 15.4. The molecule has 7 heteroatoms. The van der Waals surface area contributed by atoms with Crippen LogP contribution in [0.25, 0.3) is 0 Å². The second-order valence-corrected chi connectivity index (χ2v) is 11.1. The van der Waals surface area contributed by atoms with Crippen molar-refractivity contribution in [3.05, 3.63) is 12.7 Å². The minimum absolute atomic E-state index is 0.0199. The van der Waals surface area contributed by atoms with Gasteiger partial charge in [-0.3, -0.25) is 9.59 Å². The van der Waals surface area contributed by atoms with Gasteiger partial charge in [0.05, 0.1) is 39.0 Å². The van der Waals surface area contributed by atoms with Crippen molar-refractivity contribution in [2.75, 3.05) is 26.2 Å². The van der Waals surface area contributed by atoms with Crippen LogP contribution >= 0.6 is 0 Å². The third-order valence-electron chi connectivity index (χ3n) is 7.60. The van der Waals surface area contributed by atoms with Crippen LogP contribution in [0.4, 0.5) is 0 Å². The van der Waals surface area contributed by atoms with E-state index < -0.39 is 17.9 Å². The minimum Gasteiger partial charge on any atom is -0.550 e. The first-order valence-corrected chi connectivity index (χ1v) is 15.4. The van der Waals surface area contributed by atoms with E-state index in [0.29, 0.717) is 43.4 Å². The summed E-state index contributed by atoms with van der Waals surface area (Å²) >= 11 is 0. The molecule has 0 fully saturated rings. The molecular weight excluding hydrogens is 482 g/mol. The molecule has 0 unspecified atom stereocenters. The molecule has 0 spiro atoms. The standard InChI is InChI=1S/C31H57NO6/c1-2-3-4-5-6-7-8-9-10-11-12-13-14-15-16-17-18-25-32(26-19-22-29(33)34,27-20-23-30(35)36)28-21-24-31(37)38/h2H,1,3-28H2,(H2-,33,34,35,36,37,38). The lowest BCUT2D eigenvalue weighted by Crippen LogP contribution is -2.51. The molecule has 0 rings (SSSR count). The Labute approximate surface area is 232 Å². The van der Waals surface area contributed by atoms with Gasteiger partial charge in [0.25, 0.3) is 0 Å². The number of carboxylic acid groups (broad SMARTS) is 3. The fraction of sp³-hybridized carbons (Fsp3) is 0.839. The molecule has 0 bridgehead atoms. The van der Waals surface area contributed by atoms with Crippen molar-refractivity contribution in [2.45, 2.75) is 141 Å². The van der Waals surface area contributed by atoms with Crippen LogP contribution < -0.4 is 5.11 Å². The maximum atomic E-state index is 11.0. The highest BCUT2D eigenvalue weighted by Crippen LogP contribution is 2.19. The lowest BCUT2D eigenvalue weighted by atomic mass is 10.0. The molecule has 38 heavy (non-hydrogen) atoms. The van der Waals surface area contributed by atoms with Gasteiger partial charge in [0.1, 0.15) is 0 Å². The number of allylic oxidation sites excluding steroid dienone is 1. The summed E-state index contributed by atoms with van der Waals surface area (Å²) in [5.41, 5.74) is 0. The summed E-state index contributed by atoms with van der Waals surface area (Å²) in [6.45, 7) is 6.54. The average Bonchev–Trinajstić information content (AvgIpc) is 2.85. The summed E-state index contributed by atoms with van der Waals surface area (Å²) in [5, 5.41) is 29.1. The number of quaternary nitrogens is 1. The third kappa shape index (κ3) is 24.4. The Balaban J connectivity index is 4.18. The molecule has 2 N–H and O–H groups in total. The van der Waals surface area contributed by atoms with Gasteiger partial charge < -0.3 is 24.6 Å². The van der Waals surface area contributed by atoms with Crippen LogP contribution in [0.15, 0.2) is 12.7 Å². The van der Waals surface area contributed by atoms with Crippen LogP contribution in [0.5, 0.6) is 0 Å². The second kappa shape index (κ2) is 25.4. The largest absolute Gasteiger partial charge is 0.550 e. The summed E-state index contributed by atoms with van der Waals surface area (Å²) in [5.74, 6) is -2.74. The van der Waals surface area contributed by atoms with Gasteiger partial charge in [0, 0.05) is 25.2 Å². The van der Waals surface area contributed by atoms with Crippen molar-refractivity contribution < 1.29 is 34.2 Å². The van der Waals surface area contributed by atoms with Gasteiger partial charge in [0.2, 0.25) is 0 Å². The molecule has 0 aromatic heterocycles. The number of unbranched alkanes of at least 4 members (excludes halogenated alkanes) is 15. The summed E-state index contributed by atoms with van der Waals surface area (Å²) in [6, 6.07) is 0. The number of rotatable bonds is 30. The SMILES string of the molecule is C=CCCCCCCCCCCCCCCCCC[N+](CCCC(=O)[O-])(CCCC(=O)O)CCCC(=O)O. The first kappa shape index (κ1) is 36.1. The molecule has 0 amide bonds. The number of carboxylic acids is 3. The molecule has 0 atom stereocenters. The average molecular weight is 540 g/mol. The van der Waals surface area contributed by atoms with Gasteiger partial charge >= 0.3 is 11.9 Å². The van der Waals surface area contributed by atoms with E-state index in [0.717, 1.165) is 25.8 Å². The highest BCUT2D eigenvalue weighted by Gasteiger charge is 2.26. The maximum Gasteiger partial charge on any atom is 0.303 e. The molecule has 0 heterocycles. The van der Waals surface area contributed by atoms with Crippen LogP contribution in [0, 0.1) is 0 Å². The number of carbonyl (C=O) groups is 3. The molecule has 0 aromatic carbocycles. The van der Waals surface area contributed by atoms with Gasteiger partial charge in [-0.15, -0.1) is 6.58 Å². The van der Waals surface area contributed by atoms with E-state index >= 15 is 0 Å². The van der Waals surface area contributed by atoms with Crippen molar-refractivity contribution in [1.82, 2.24) is 0 Å². The smallest absolute Gasteiger partial charge is 0.303 e. The van der Waals surface area contributed by atoms with Crippen molar-refractivity contribution in [2.24, 2.45) is 0 Å². The molecule has 0 aliphatic carbocycles. The Bertz CT molecular complexity index is 571. The predicted molar refractivity (Wildman–Crippen MR) is 152 cm³/mol. The van der Waals surface area contributed by atoms with Crippen molar-refractivity contribution in [3.8, 4) is 0 Å². The summed E-state index contributed by atoms with van der Waals surface area (Å²) in [6.07, 6.45) is 24.0. The zero-order valence-electron chi connectivity index (χ0n) is 24.1. The normalized spacial score (nSPS) is 11.5. The number of hydrogen-bond donors (Lipinski definition) is 2. The summed E-state index contributed by atoms with van der Waals surface area (Å²) in [4.78, 5) is 33.0. The Hall–Kier alpha value is -1.89. The quantitative estimate of drug-likeness (QED) is 0.0612. The molecule has 0 aliphatic rings.